The van der Waals surface area contributed by atoms with Gasteiger partial charge in [-0.15, -0.1) is 6.58 Å². The van der Waals surface area contributed by atoms with Gasteiger partial charge in [0.2, 0.25) is 5.91 Å². The van der Waals surface area contributed by atoms with Crippen molar-refractivity contribution in [1.82, 2.24) is 10.2 Å². The van der Waals surface area contributed by atoms with Crippen LogP contribution in [0.15, 0.2) is 41.9 Å². The van der Waals surface area contributed by atoms with Crippen LogP contribution in [0, 0.1) is 5.92 Å². The van der Waals surface area contributed by atoms with Gasteiger partial charge in [-0.2, -0.15) is 0 Å². The molecule has 1 amide bonds. The molecule has 138 valence electrons. The van der Waals surface area contributed by atoms with Gasteiger partial charge in [-0.25, -0.2) is 0 Å². The second-order valence-corrected chi connectivity index (χ2v) is 6.25. The van der Waals surface area contributed by atoms with E-state index < -0.39 is 0 Å². The van der Waals surface area contributed by atoms with Gasteiger partial charge in [0.15, 0.2) is 5.96 Å². The molecule has 5 heteroatoms. The van der Waals surface area contributed by atoms with E-state index >= 15 is 0 Å². The maximum absolute atomic E-state index is 12.0. The number of hydrogen-bond acceptors (Lipinski definition) is 2. The summed E-state index contributed by atoms with van der Waals surface area (Å²) in [6, 6.07) is 7.91. The molecule has 0 saturated carbocycles. The first-order valence-electron chi connectivity index (χ1n) is 8.94. The van der Waals surface area contributed by atoms with Gasteiger partial charge in [-0.05, 0) is 37.0 Å². The average molecular weight is 345 g/mol. The van der Waals surface area contributed by atoms with Crippen molar-refractivity contribution in [2.24, 2.45) is 10.9 Å². The summed E-state index contributed by atoms with van der Waals surface area (Å²) in [7, 11) is 3.82. The zero-order chi connectivity index (χ0) is 18.7. The molecule has 0 aliphatic heterocycles. The minimum absolute atomic E-state index is 0.0184. The van der Waals surface area contributed by atoms with E-state index in [2.05, 4.69) is 27.1 Å². The SMILES string of the molecule is C=CCCCN(C)C(=NC)NCc1cccc(NC(=O)C(C)CC)c1. The summed E-state index contributed by atoms with van der Waals surface area (Å²) in [6.07, 6.45) is 4.82. The van der Waals surface area contributed by atoms with Crippen molar-refractivity contribution < 1.29 is 4.79 Å². The molecule has 0 saturated heterocycles. The Labute approximate surface area is 152 Å². The number of carbonyl (C=O) groups is 1. The highest BCUT2D eigenvalue weighted by Gasteiger charge is 2.11. The van der Waals surface area contributed by atoms with E-state index in [9.17, 15) is 4.79 Å². The topological polar surface area (TPSA) is 56.7 Å². The summed E-state index contributed by atoms with van der Waals surface area (Å²) in [4.78, 5) is 18.5. The molecule has 1 unspecified atom stereocenters. The van der Waals surface area contributed by atoms with Crippen LogP contribution in [0.1, 0.15) is 38.7 Å². The molecule has 5 nitrogen and oxygen atoms in total. The lowest BCUT2D eigenvalue weighted by Gasteiger charge is -2.22. The number of hydrogen-bond donors (Lipinski definition) is 2. The molecule has 0 heterocycles. The Morgan fingerprint density at radius 3 is 2.84 bits per heavy atom. The summed E-state index contributed by atoms with van der Waals surface area (Å²) in [5.41, 5.74) is 1.93. The molecular weight excluding hydrogens is 312 g/mol. The molecule has 2 N–H and O–H groups in total. The van der Waals surface area contributed by atoms with Gasteiger partial charge in [0.25, 0.3) is 0 Å². The number of rotatable bonds is 9. The van der Waals surface area contributed by atoms with Crippen molar-refractivity contribution in [3.63, 3.8) is 0 Å². The number of nitrogens with one attached hydrogen (secondary N) is 2. The number of amides is 1. The highest BCUT2D eigenvalue weighted by atomic mass is 16.1. The number of carbonyl (C=O) groups excluding carboxylic acids is 1. The summed E-state index contributed by atoms with van der Waals surface area (Å²) < 4.78 is 0. The van der Waals surface area contributed by atoms with E-state index in [0.717, 1.165) is 43.0 Å². The molecule has 1 rings (SSSR count). The normalized spacial score (nSPS) is 12.4. The maximum atomic E-state index is 12.0. The second kappa shape index (κ2) is 11.3. The summed E-state index contributed by atoms with van der Waals surface area (Å²) in [6.45, 7) is 9.29. The van der Waals surface area contributed by atoms with Crippen molar-refractivity contribution in [2.45, 2.75) is 39.7 Å². The number of benzene rings is 1. The Balaban J connectivity index is 2.60. The molecule has 0 aromatic heterocycles. The number of allylic oxidation sites excluding steroid dienone is 1. The second-order valence-electron chi connectivity index (χ2n) is 6.25. The first-order valence-corrected chi connectivity index (χ1v) is 8.94. The highest BCUT2D eigenvalue weighted by molar-refractivity contribution is 5.92. The minimum Gasteiger partial charge on any atom is -0.352 e. The third-order valence-electron chi connectivity index (χ3n) is 4.18. The fraction of sp³-hybridized carbons (Fsp3) is 0.500. The lowest BCUT2D eigenvalue weighted by atomic mass is 10.1. The molecular formula is C20H32N4O. The van der Waals surface area contributed by atoms with Gasteiger partial charge in [-0.1, -0.05) is 32.1 Å². The zero-order valence-electron chi connectivity index (χ0n) is 16.0. The number of anilines is 1. The summed E-state index contributed by atoms with van der Waals surface area (Å²) in [5.74, 6) is 0.938. The van der Waals surface area contributed by atoms with Crippen molar-refractivity contribution in [1.29, 1.82) is 0 Å². The first kappa shape index (κ1) is 20.7. The Morgan fingerprint density at radius 2 is 2.20 bits per heavy atom. The monoisotopic (exact) mass is 344 g/mol. The standard InChI is InChI=1S/C20H32N4O/c1-6-8-9-13-24(5)20(21-4)22-15-17-11-10-12-18(14-17)23-19(25)16(3)7-2/h6,10-12,14,16H,1,7-9,13,15H2,2-5H3,(H,21,22)(H,23,25). The van der Waals surface area contributed by atoms with E-state index in [0.29, 0.717) is 6.54 Å². The van der Waals surface area contributed by atoms with Crippen LogP contribution >= 0.6 is 0 Å². The van der Waals surface area contributed by atoms with Gasteiger partial charge in [0, 0.05) is 38.8 Å². The van der Waals surface area contributed by atoms with E-state index in [-0.39, 0.29) is 11.8 Å². The smallest absolute Gasteiger partial charge is 0.227 e. The molecule has 0 spiro atoms. The molecule has 1 aromatic carbocycles. The summed E-state index contributed by atoms with van der Waals surface area (Å²) in [5, 5.41) is 6.34. The molecule has 0 fully saturated rings. The Bertz CT molecular complexity index is 583. The van der Waals surface area contributed by atoms with Crippen LogP contribution in [0.25, 0.3) is 0 Å². The van der Waals surface area contributed by atoms with E-state index in [1.807, 2.05) is 51.2 Å². The number of nitrogens with zero attached hydrogens (tertiary/aromatic N) is 2. The zero-order valence-corrected chi connectivity index (χ0v) is 16.0. The average Bonchev–Trinajstić information content (AvgIpc) is 2.62. The quantitative estimate of drug-likeness (QED) is 0.311. The molecule has 1 aromatic rings. The van der Waals surface area contributed by atoms with Gasteiger partial charge >= 0.3 is 0 Å². The van der Waals surface area contributed by atoms with E-state index in [4.69, 9.17) is 0 Å². The van der Waals surface area contributed by atoms with Crippen molar-refractivity contribution >= 4 is 17.6 Å². The number of guanidine groups is 1. The van der Waals surface area contributed by atoms with Crippen LogP contribution in [0.4, 0.5) is 5.69 Å². The van der Waals surface area contributed by atoms with Crippen LogP contribution in [-0.2, 0) is 11.3 Å². The maximum Gasteiger partial charge on any atom is 0.227 e. The number of unbranched alkanes of at least 4 members (excludes halogenated alkanes) is 1. The minimum atomic E-state index is 0.0184. The lowest BCUT2D eigenvalue weighted by molar-refractivity contribution is -0.119. The third-order valence-corrected chi connectivity index (χ3v) is 4.18. The van der Waals surface area contributed by atoms with E-state index in [1.165, 1.54) is 0 Å². The van der Waals surface area contributed by atoms with Gasteiger partial charge in [-0.3, -0.25) is 9.79 Å². The van der Waals surface area contributed by atoms with E-state index in [1.54, 1.807) is 7.05 Å². The molecule has 0 radical (unpaired) electrons. The summed E-state index contributed by atoms with van der Waals surface area (Å²) >= 11 is 0. The Morgan fingerprint density at radius 1 is 1.44 bits per heavy atom. The molecule has 0 aliphatic rings. The fourth-order valence-corrected chi connectivity index (χ4v) is 2.35. The number of aliphatic imine (C=N–C) groups is 1. The molecule has 0 bridgehead atoms. The largest absolute Gasteiger partial charge is 0.352 e. The fourth-order valence-electron chi connectivity index (χ4n) is 2.35. The molecule has 0 aliphatic carbocycles. The Hall–Kier alpha value is -2.30. The highest BCUT2D eigenvalue weighted by Crippen LogP contribution is 2.13. The predicted octanol–water partition coefficient (Wildman–Crippen LogP) is 3.64. The van der Waals surface area contributed by atoms with Crippen LogP contribution in [0.5, 0.6) is 0 Å². The van der Waals surface area contributed by atoms with Crippen LogP contribution < -0.4 is 10.6 Å². The van der Waals surface area contributed by atoms with Gasteiger partial charge < -0.3 is 15.5 Å². The third kappa shape index (κ3) is 7.42. The predicted molar refractivity (Wildman–Crippen MR) is 107 cm³/mol. The van der Waals surface area contributed by atoms with Crippen LogP contribution in [0.2, 0.25) is 0 Å². The molecule has 1 atom stereocenters. The van der Waals surface area contributed by atoms with Crippen LogP contribution in [0.3, 0.4) is 0 Å². The van der Waals surface area contributed by atoms with Crippen molar-refractivity contribution in [2.75, 3.05) is 26.0 Å². The first-order chi connectivity index (χ1) is 12.0. The van der Waals surface area contributed by atoms with Crippen molar-refractivity contribution in [3.05, 3.63) is 42.5 Å². The lowest BCUT2D eigenvalue weighted by Crippen LogP contribution is -2.38. The van der Waals surface area contributed by atoms with Crippen LogP contribution in [-0.4, -0.2) is 37.4 Å². The molecule has 25 heavy (non-hydrogen) atoms. The Kier molecular flexibility index (Phi) is 9.37. The van der Waals surface area contributed by atoms with Crippen molar-refractivity contribution in [3.8, 4) is 0 Å². The van der Waals surface area contributed by atoms with Gasteiger partial charge in [0.1, 0.15) is 0 Å². The van der Waals surface area contributed by atoms with Gasteiger partial charge in [0.05, 0.1) is 0 Å².